The van der Waals surface area contributed by atoms with E-state index in [0.717, 1.165) is 12.0 Å². The highest BCUT2D eigenvalue weighted by Gasteiger charge is 2.31. The van der Waals surface area contributed by atoms with Gasteiger partial charge in [-0.2, -0.15) is 0 Å². The molecular weight excluding hydrogens is 218 g/mol. The molecular formula is C13H14NO3. The van der Waals surface area contributed by atoms with Crippen molar-refractivity contribution < 1.29 is 14.6 Å². The second kappa shape index (κ2) is 5.01. The molecule has 0 aromatic heterocycles. The SMILES string of the molecule is CC1=C(CC[O])N(C=O)C(c2ccccc2)O1. The van der Waals surface area contributed by atoms with Crippen LogP contribution >= 0.6 is 0 Å². The highest BCUT2D eigenvalue weighted by atomic mass is 16.5. The van der Waals surface area contributed by atoms with Crippen LogP contribution in [0.2, 0.25) is 0 Å². The number of carbonyl (C=O) groups is 1. The molecule has 1 atom stereocenters. The molecule has 1 unspecified atom stereocenters. The first-order valence-electron chi connectivity index (χ1n) is 5.51. The molecule has 1 aromatic carbocycles. The molecule has 17 heavy (non-hydrogen) atoms. The lowest BCUT2D eigenvalue weighted by Gasteiger charge is -2.21. The molecule has 4 nitrogen and oxygen atoms in total. The Morgan fingerprint density at radius 2 is 2.06 bits per heavy atom. The summed E-state index contributed by atoms with van der Waals surface area (Å²) >= 11 is 0. The first-order chi connectivity index (χ1) is 8.27. The fourth-order valence-electron chi connectivity index (χ4n) is 1.98. The predicted octanol–water partition coefficient (Wildman–Crippen LogP) is 2.23. The van der Waals surface area contributed by atoms with Crippen molar-refractivity contribution in [3.63, 3.8) is 0 Å². The van der Waals surface area contributed by atoms with Gasteiger partial charge >= 0.3 is 0 Å². The van der Waals surface area contributed by atoms with E-state index in [9.17, 15) is 9.90 Å². The van der Waals surface area contributed by atoms with Crippen molar-refractivity contribution in [3.8, 4) is 0 Å². The summed E-state index contributed by atoms with van der Waals surface area (Å²) in [6.45, 7) is 1.53. The Balaban J connectivity index is 2.27. The van der Waals surface area contributed by atoms with Gasteiger partial charge in [0.25, 0.3) is 0 Å². The van der Waals surface area contributed by atoms with Crippen molar-refractivity contribution in [2.75, 3.05) is 6.61 Å². The van der Waals surface area contributed by atoms with Gasteiger partial charge in [0.05, 0.1) is 12.3 Å². The molecule has 4 heteroatoms. The average Bonchev–Trinajstić information content (AvgIpc) is 2.68. The monoisotopic (exact) mass is 232 g/mol. The molecule has 89 valence electrons. The largest absolute Gasteiger partial charge is 0.469 e. The van der Waals surface area contributed by atoms with Gasteiger partial charge in [0.2, 0.25) is 12.6 Å². The highest BCUT2D eigenvalue weighted by molar-refractivity contribution is 5.54. The molecule has 0 aliphatic carbocycles. The third-order valence-corrected chi connectivity index (χ3v) is 2.80. The number of allylic oxidation sites excluding steroid dienone is 1. The average molecular weight is 232 g/mol. The van der Waals surface area contributed by atoms with Crippen molar-refractivity contribution in [2.24, 2.45) is 0 Å². The van der Waals surface area contributed by atoms with Crippen LogP contribution in [-0.2, 0) is 14.6 Å². The lowest BCUT2D eigenvalue weighted by Crippen LogP contribution is -2.23. The van der Waals surface area contributed by atoms with Gasteiger partial charge in [0.1, 0.15) is 5.76 Å². The van der Waals surface area contributed by atoms with Gasteiger partial charge in [-0.1, -0.05) is 30.3 Å². The van der Waals surface area contributed by atoms with E-state index in [1.54, 1.807) is 6.92 Å². The van der Waals surface area contributed by atoms with Crippen LogP contribution in [0.3, 0.4) is 0 Å². The highest BCUT2D eigenvalue weighted by Crippen LogP contribution is 2.36. The van der Waals surface area contributed by atoms with Crippen molar-refractivity contribution in [3.05, 3.63) is 47.4 Å². The normalized spacial score (nSPS) is 19.4. The number of ether oxygens (including phenoxy) is 1. The Morgan fingerprint density at radius 1 is 1.35 bits per heavy atom. The number of rotatable bonds is 4. The van der Waals surface area contributed by atoms with E-state index in [-0.39, 0.29) is 6.61 Å². The van der Waals surface area contributed by atoms with E-state index in [0.29, 0.717) is 17.9 Å². The maximum atomic E-state index is 11.1. The van der Waals surface area contributed by atoms with Gasteiger partial charge in [0.15, 0.2) is 0 Å². The minimum Gasteiger partial charge on any atom is -0.469 e. The summed E-state index contributed by atoms with van der Waals surface area (Å²) in [5.41, 5.74) is 1.59. The van der Waals surface area contributed by atoms with E-state index < -0.39 is 6.23 Å². The van der Waals surface area contributed by atoms with Gasteiger partial charge in [0, 0.05) is 12.0 Å². The molecule has 1 amide bonds. The summed E-state index contributed by atoms with van der Waals surface area (Å²) in [7, 11) is 0. The second-order valence-corrected chi connectivity index (χ2v) is 3.85. The molecule has 2 rings (SSSR count). The topological polar surface area (TPSA) is 49.4 Å². The number of amides is 1. The summed E-state index contributed by atoms with van der Waals surface area (Å²) in [6, 6.07) is 9.48. The molecule has 1 radical (unpaired) electrons. The maximum absolute atomic E-state index is 11.1. The number of hydrogen-bond acceptors (Lipinski definition) is 2. The maximum Gasteiger partial charge on any atom is 0.217 e. The van der Waals surface area contributed by atoms with E-state index >= 15 is 0 Å². The van der Waals surface area contributed by atoms with Crippen molar-refractivity contribution in [1.29, 1.82) is 0 Å². The molecule has 1 heterocycles. The van der Waals surface area contributed by atoms with Gasteiger partial charge in [-0.05, 0) is 6.92 Å². The zero-order chi connectivity index (χ0) is 12.3. The van der Waals surface area contributed by atoms with E-state index in [1.165, 1.54) is 4.90 Å². The van der Waals surface area contributed by atoms with Gasteiger partial charge < -0.3 is 4.74 Å². The molecule has 0 saturated heterocycles. The lowest BCUT2D eigenvalue weighted by molar-refractivity contribution is -0.122. The lowest BCUT2D eigenvalue weighted by atomic mass is 10.2. The Bertz CT molecular complexity index is 428. The summed E-state index contributed by atoms with van der Waals surface area (Å²) < 4.78 is 5.65. The van der Waals surface area contributed by atoms with Gasteiger partial charge in [-0.15, -0.1) is 0 Å². The molecule has 0 bridgehead atoms. The Morgan fingerprint density at radius 3 is 2.65 bits per heavy atom. The number of benzene rings is 1. The first kappa shape index (κ1) is 11.7. The number of nitrogens with zero attached hydrogens (tertiary/aromatic N) is 1. The van der Waals surface area contributed by atoms with Crippen LogP contribution in [-0.4, -0.2) is 17.9 Å². The number of hydrogen-bond donors (Lipinski definition) is 0. The molecule has 1 aliphatic rings. The Kier molecular flexibility index (Phi) is 3.44. The quantitative estimate of drug-likeness (QED) is 0.747. The fourth-order valence-corrected chi connectivity index (χ4v) is 1.98. The Hall–Kier alpha value is -1.81. The fraction of sp³-hybridized carbons (Fsp3) is 0.308. The van der Waals surface area contributed by atoms with E-state index in [2.05, 4.69) is 0 Å². The minimum atomic E-state index is -0.435. The molecule has 1 aromatic rings. The molecule has 0 fully saturated rings. The zero-order valence-electron chi connectivity index (χ0n) is 9.63. The van der Waals surface area contributed by atoms with Gasteiger partial charge in [-0.25, -0.2) is 5.11 Å². The van der Waals surface area contributed by atoms with Crippen LogP contribution in [0, 0.1) is 0 Å². The minimum absolute atomic E-state index is 0.248. The number of carbonyl (C=O) groups excluding carboxylic acids is 1. The van der Waals surface area contributed by atoms with Crippen LogP contribution in [0.5, 0.6) is 0 Å². The summed E-state index contributed by atoms with van der Waals surface area (Å²) in [5.74, 6) is 0.654. The van der Waals surface area contributed by atoms with E-state index in [4.69, 9.17) is 4.74 Å². The summed E-state index contributed by atoms with van der Waals surface area (Å²) in [6.07, 6.45) is 0.600. The zero-order valence-corrected chi connectivity index (χ0v) is 9.63. The van der Waals surface area contributed by atoms with Crippen LogP contribution < -0.4 is 0 Å². The van der Waals surface area contributed by atoms with E-state index in [1.807, 2.05) is 30.3 Å². The summed E-state index contributed by atoms with van der Waals surface area (Å²) in [4.78, 5) is 12.6. The third-order valence-electron chi connectivity index (χ3n) is 2.80. The van der Waals surface area contributed by atoms with Crippen molar-refractivity contribution >= 4 is 6.41 Å². The van der Waals surface area contributed by atoms with Crippen molar-refractivity contribution in [1.82, 2.24) is 4.90 Å². The summed E-state index contributed by atoms with van der Waals surface area (Å²) in [5, 5.41) is 10.7. The second-order valence-electron chi connectivity index (χ2n) is 3.85. The predicted molar refractivity (Wildman–Crippen MR) is 61.0 cm³/mol. The molecule has 0 N–H and O–H groups in total. The van der Waals surface area contributed by atoms with Crippen molar-refractivity contribution in [2.45, 2.75) is 19.6 Å². The van der Waals surface area contributed by atoms with Crippen LogP contribution in [0.4, 0.5) is 0 Å². The smallest absolute Gasteiger partial charge is 0.217 e. The van der Waals surface area contributed by atoms with Crippen LogP contribution in [0.1, 0.15) is 25.1 Å². The van der Waals surface area contributed by atoms with Gasteiger partial charge in [-0.3, -0.25) is 9.69 Å². The molecule has 0 saturated carbocycles. The standard InChI is InChI=1S/C13H14NO3/c1-10-12(7-8-15)14(9-16)13(17-10)11-5-3-2-4-6-11/h2-6,9,13H,7-8H2,1H3. The molecule has 0 spiro atoms. The Labute approximate surface area is 100 Å². The molecule has 1 aliphatic heterocycles. The first-order valence-corrected chi connectivity index (χ1v) is 5.51. The van der Waals surface area contributed by atoms with Crippen LogP contribution in [0.25, 0.3) is 0 Å². The van der Waals surface area contributed by atoms with Crippen LogP contribution in [0.15, 0.2) is 41.8 Å². The third kappa shape index (κ3) is 2.17.